The van der Waals surface area contributed by atoms with E-state index < -0.39 is 0 Å². The number of rotatable bonds is 4. The minimum absolute atomic E-state index is 0.151. The fourth-order valence-corrected chi connectivity index (χ4v) is 2.45. The minimum Gasteiger partial charge on any atom is -0.323 e. The predicted molar refractivity (Wildman–Crippen MR) is 68.4 cm³/mol. The molecule has 3 N–H and O–H groups in total. The van der Waals surface area contributed by atoms with E-state index in [1.807, 2.05) is 0 Å². The average molecular weight is 218 g/mol. The van der Waals surface area contributed by atoms with E-state index in [9.17, 15) is 0 Å². The molecule has 2 atom stereocenters. The molecule has 88 valence electrons. The van der Waals surface area contributed by atoms with Crippen LogP contribution in [0.15, 0.2) is 24.3 Å². The second kappa shape index (κ2) is 5.46. The largest absolute Gasteiger partial charge is 0.323 e. The Kier molecular flexibility index (Phi) is 3.97. The molecule has 1 aromatic rings. The first-order valence-corrected chi connectivity index (χ1v) is 6.39. The van der Waals surface area contributed by atoms with Crippen molar-refractivity contribution in [2.45, 2.75) is 44.7 Å². The van der Waals surface area contributed by atoms with Crippen LogP contribution in [-0.4, -0.2) is 12.6 Å². The highest BCUT2D eigenvalue weighted by Gasteiger charge is 2.22. The Morgan fingerprint density at radius 2 is 2.12 bits per heavy atom. The molecule has 2 nitrogen and oxygen atoms in total. The Balaban J connectivity index is 2.02. The molecule has 0 spiro atoms. The lowest BCUT2D eigenvalue weighted by molar-refractivity contribution is 0.500. The monoisotopic (exact) mass is 218 g/mol. The second-order valence-electron chi connectivity index (χ2n) is 4.72. The molecular formula is C14H22N2. The van der Waals surface area contributed by atoms with Crippen LogP contribution in [-0.2, 0) is 6.42 Å². The van der Waals surface area contributed by atoms with Gasteiger partial charge in [0.2, 0.25) is 0 Å². The zero-order valence-electron chi connectivity index (χ0n) is 10.1. The maximum Gasteiger partial charge on any atom is 0.0450 e. The van der Waals surface area contributed by atoms with Gasteiger partial charge in [0.15, 0.2) is 0 Å². The van der Waals surface area contributed by atoms with Gasteiger partial charge in [0.1, 0.15) is 0 Å². The summed E-state index contributed by atoms with van der Waals surface area (Å²) in [5.74, 6) is 0. The Labute approximate surface area is 98.2 Å². The topological polar surface area (TPSA) is 38.0 Å². The number of hydrogen-bond acceptors (Lipinski definition) is 2. The maximum absolute atomic E-state index is 6.26. The van der Waals surface area contributed by atoms with Crippen molar-refractivity contribution in [3.05, 3.63) is 35.4 Å². The molecule has 0 radical (unpaired) electrons. The quantitative estimate of drug-likeness (QED) is 0.814. The van der Waals surface area contributed by atoms with E-state index in [2.05, 4.69) is 36.5 Å². The van der Waals surface area contributed by atoms with E-state index in [0.717, 1.165) is 13.0 Å². The lowest BCUT2D eigenvalue weighted by Crippen LogP contribution is -2.34. The zero-order valence-corrected chi connectivity index (χ0v) is 10.1. The van der Waals surface area contributed by atoms with E-state index in [4.69, 9.17) is 5.73 Å². The van der Waals surface area contributed by atoms with Gasteiger partial charge in [0.05, 0.1) is 0 Å². The molecule has 1 heterocycles. The molecule has 16 heavy (non-hydrogen) atoms. The van der Waals surface area contributed by atoms with Gasteiger partial charge >= 0.3 is 0 Å². The van der Waals surface area contributed by atoms with E-state index in [1.165, 1.54) is 30.4 Å². The van der Waals surface area contributed by atoms with Crippen LogP contribution in [0.4, 0.5) is 0 Å². The van der Waals surface area contributed by atoms with Crippen LogP contribution < -0.4 is 11.1 Å². The van der Waals surface area contributed by atoms with Crippen LogP contribution >= 0.6 is 0 Å². The third-order valence-corrected chi connectivity index (χ3v) is 3.44. The molecule has 0 amide bonds. The molecule has 1 aliphatic heterocycles. The molecule has 0 saturated carbocycles. The smallest absolute Gasteiger partial charge is 0.0450 e. The molecule has 1 aliphatic rings. The van der Waals surface area contributed by atoms with Crippen molar-refractivity contribution < 1.29 is 0 Å². The SMILES string of the molecule is CCCc1ccc(C(N)C2CCCN2)cc1. The van der Waals surface area contributed by atoms with Gasteiger partial charge in [0, 0.05) is 12.1 Å². The third kappa shape index (κ3) is 2.63. The molecule has 0 bridgehead atoms. The van der Waals surface area contributed by atoms with Crippen molar-refractivity contribution in [3.63, 3.8) is 0 Å². The molecule has 1 saturated heterocycles. The first-order valence-electron chi connectivity index (χ1n) is 6.39. The van der Waals surface area contributed by atoms with Gasteiger partial charge in [-0.05, 0) is 36.9 Å². The molecule has 1 aromatic carbocycles. The Morgan fingerprint density at radius 1 is 1.38 bits per heavy atom. The fourth-order valence-electron chi connectivity index (χ4n) is 2.45. The summed E-state index contributed by atoms with van der Waals surface area (Å²) >= 11 is 0. The number of aryl methyl sites for hydroxylation is 1. The summed E-state index contributed by atoms with van der Waals surface area (Å²) in [5, 5.41) is 3.47. The molecule has 2 heteroatoms. The number of nitrogens with two attached hydrogens (primary N) is 1. The highest BCUT2D eigenvalue weighted by Crippen LogP contribution is 2.21. The summed E-state index contributed by atoms with van der Waals surface area (Å²) in [6.07, 6.45) is 4.83. The summed E-state index contributed by atoms with van der Waals surface area (Å²) in [7, 11) is 0. The van der Waals surface area contributed by atoms with Crippen molar-refractivity contribution in [2.75, 3.05) is 6.54 Å². The van der Waals surface area contributed by atoms with E-state index in [1.54, 1.807) is 0 Å². The van der Waals surface area contributed by atoms with Crippen LogP contribution in [0.2, 0.25) is 0 Å². The van der Waals surface area contributed by atoms with Crippen molar-refractivity contribution >= 4 is 0 Å². The highest BCUT2D eigenvalue weighted by molar-refractivity contribution is 5.26. The van der Waals surface area contributed by atoms with Crippen LogP contribution in [0.25, 0.3) is 0 Å². The molecular weight excluding hydrogens is 196 g/mol. The number of benzene rings is 1. The van der Waals surface area contributed by atoms with E-state index in [0.29, 0.717) is 6.04 Å². The Bertz CT molecular complexity index is 312. The standard InChI is InChI=1S/C14H22N2/c1-2-4-11-6-8-12(9-7-11)14(15)13-5-3-10-16-13/h6-9,13-14,16H,2-5,10,15H2,1H3. The lowest BCUT2D eigenvalue weighted by atomic mass is 9.97. The van der Waals surface area contributed by atoms with Crippen LogP contribution in [0.5, 0.6) is 0 Å². The van der Waals surface area contributed by atoms with Gasteiger partial charge < -0.3 is 11.1 Å². The van der Waals surface area contributed by atoms with Crippen molar-refractivity contribution in [3.8, 4) is 0 Å². The van der Waals surface area contributed by atoms with Gasteiger partial charge in [-0.15, -0.1) is 0 Å². The fraction of sp³-hybridized carbons (Fsp3) is 0.571. The Morgan fingerprint density at radius 3 is 2.69 bits per heavy atom. The molecule has 2 unspecified atom stereocenters. The summed E-state index contributed by atoms with van der Waals surface area (Å²) in [4.78, 5) is 0. The van der Waals surface area contributed by atoms with E-state index >= 15 is 0 Å². The number of hydrogen-bond donors (Lipinski definition) is 2. The molecule has 2 rings (SSSR count). The maximum atomic E-state index is 6.26. The van der Waals surface area contributed by atoms with Gasteiger partial charge in [-0.25, -0.2) is 0 Å². The van der Waals surface area contributed by atoms with Crippen molar-refractivity contribution in [1.29, 1.82) is 0 Å². The van der Waals surface area contributed by atoms with Crippen molar-refractivity contribution in [2.24, 2.45) is 5.73 Å². The molecule has 1 fully saturated rings. The van der Waals surface area contributed by atoms with Gasteiger partial charge in [-0.1, -0.05) is 37.6 Å². The summed E-state index contributed by atoms with van der Waals surface area (Å²) < 4.78 is 0. The molecule has 0 aromatic heterocycles. The zero-order chi connectivity index (χ0) is 11.4. The van der Waals surface area contributed by atoms with Crippen LogP contribution in [0.1, 0.15) is 43.4 Å². The van der Waals surface area contributed by atoms with Crippen LogP contribution in [0, 0.1) is 0 Å². The first kappa shape index (κ1) is 11.6. The van der Waals surface area contributed by atoms with Gasteiger partial charge in [-0.3, -0.25) is 0 Å². The Hall–Kier alpha value is -0.860. The van der Waals surface area contributed by atoms with E-state index in [-0.39, 0.29) is 6.04 Å². The summed E-state index contributed by atoms with van der Waals surface area (Å²) in [5.41, 5.74) is 8.94. The second-order valence-corrected chi connectivity index (χ2v) is 4.72. The van der Waals surface area contributed by atoms with Gasteiger partial charge in [0.25, 0.3) is 0 Å². The minimum atomic E-state index is 0.151. The normalized spacial score (nSPS) is 22.2. The highest BCUT2D eigenvalue weighted by atomic mass is 15.0. The predicted octanol–water partition coefficient (Wildman–Crippen LogP) is 2.39. The summed E-state index contributed by atoms with van der Waals surface area (Å²) in [6.45, 7) is 3.33. The van der Waals surface area contributed by atoms with Crippen molar-refractivity contribution in [1.82, 2.24) is 5.32 Å². The van der Waals surface area contributed by atoms with Gasteiger partial charge in [-0.2, -0.15) is 0 Å². The lowest BCUT2D eigenvalue weighted by Gasteiger charge is -2.20. The first-order chi connectivity index (χ1) is 7.81. The average Bonchev–Trinajstić information content (AvgIpc) is 2.83. The number of nitrogens with one attached hydrogen (secondary N) is 1. The molecule has 0 aliphatic carbocycles. The third-order valence-electron chi connectivity index (χ3n) is 3.44. The summed E-state index contributed by atoms with van der Waals surface area (Å²) in [6, 6.07) is 9.43. The van der Waals surface area contributed by atoms with Crippen LogP contribution in [0.3, 0.4) is 0 Å².